The summed E-state index contributed by atoms with van der Waals surface area (Å²) in [5.74, 6) is -4.55. The fourth-order valence-electron chi connectivity index (χ4n) is 2.33. The molecule has 0 saturated heterocycles. The number of carbonyl (C=O) groups is 1. The van der Waals surface area contributed by atoms with Crippen LogP contribution in [0.4, 0.5) is 8.78 Å². The van der Waals surface area contributed by atoms with Gasteiger partial charge >= 0.3 is 5.97 Å². The summed E-state index contributed by atoms with van der Waals surface area (Å²) in [7, 11) is -7.61. The molecule has 0 heterocycles. The summed E-state index contributed by atoms with van der Waals surface area (Å²) in [4.78, 5) is 10.5. The normalized spacial score (nSPS) is 13.4. The maximum Gasteiger partial charge on any atom is 0.343 e. The number of benzene rings is 1. The van der Waals surface area contributed by atoms with Crippen LogP contribution in [0.5, 0.6) is 0 Å². The summed E-state index contributed by atoms with van der Waals surface area (Å²) in [5.41, 5.74) is -1.17. The summed E-state index contributed by atoms with van der Waals surface area (Å²) in [6.07, 6.45) is 1.29. The predicted molar refractivity (Wildman–Crippen MR) is 95.4 cm³/mol. The summed E-state index contributed by atoms with van der Waals surface area (Å²) >= 11 is 0. The molecule has 0 amide bonds. The molecule has 0 radical (unpaired) electrons. The number of sulfone groups is 1. The molecule has 1 N–H and O–H groups in total. The second-order valence-electron chi connectivity index (χ2n) is 5.85. The van der Waals surface area contributed by atoms with Crippen molar-refractivity contribution in [2.45, 2.75) is 49.8 Å². The third-order valence-corrected chi connectivity index (χ3v) is 7.50. The molecule has 1 rings (SSSR count). The van der Waals surface area contributed by atoms with E-state index in [1.54, 1.807) is 13.8 Å². The molecule has 27 heavy (non-hydrogen) atoms. The van der Waals surface area contributed by atoms with Crippen LogP contribution < -0.4 is 4.72 Å². The Hall–Kier alpha value is -1.59. The Bertz CT molecular complexity index is 884. The van der Waals surface area contributed by atoms with Gasteiger partial charge in [-0.25, -0.2) is 30.4 Å². The Morgan fingerprint density at radius 3 is 2.30 bits per heavy atom. The van der Waals surface area contributed by atoms with Crippen LogP contribution >= 0.6 is 0 Å². The Morgan fingerprint density at radius 1 is 1.15 bits per heavy atom. The fourth-order valence-corrected chi connectivity index (χ4v) is 6.04. The van der Waals surface area contributed by atoms with E-state index in [1.165, 1.54) is 0 Å². The van der Waals surface area contributed by atoms with Crippen molar-refractivity contribution in [2.75, 3.05) is 12.9 Å². The molecule has 1 aromatic rings. The molecule has 0 aliphatic carbocycles. The van der Waals surface area contributed by atoms with Gasteiger partial charge in [-0.3, -0.25) is 0 Å². The Balaban J connectivity index is 3.35. The Kier molecular flexibility index (Phi) is 8.30. The zero-order chi connectivity index (χ0) is 20.8. The highest BCUT2D eigenvalue weighted by Gasteiger charge is 2.33. The van der Waals surface area contributed by atoms with E-state index < -0.39 is 53.3 Å². The molecule has 11 heteroatoms. The molecular weight excluding hydrogens is 404 g/mol. The average molecular weight is 427 g/mol. The number of methoxy groups -OCH3 is 1. The molecule has 1 unspecified atom stereocenters. The first-order valence-electron chi connectivity index (χ1n) is 8.32. The van der Waals surface area contributed by atoms with Crippen LogP contribution in [0.2, 0.25) is 0 Å². The van der Waals surface area contributed by atoms with Crippen molar-refractivity contribution in [3.8, 4) is 0 Å². The lowest BCUT2D eigenvalue weighted by atomic mass is 10.2. The van der Waals surface area contributed by atoms with Crippen molar-refractivity contribution in [3.63, 3.8) is 0 Å². The van der Waals surface area contributed by atoms with Crippen LogP contribution in [0.1, 0.15) is 49.9 Å². The van der Waals surface area contributed by atoms with Gasteiger partial charge in [0.2, 0.25) is 10.0 Å². The first-order valence-corrected chi connectivity index (χ1v) is 11.5. The lowest BCUT2D eigenvalue weighted by Gasteiger charge is -2.19. The minimum absolute atomic E-state index is 0.0159. The third kappa shape index (κ3) is 5.69. The third-order valence-electron chi connectivity index (χ3n) is 3.79. The molecule has 7 nitrogen and oxygen atoms in total. The molecular formula is C16H23F2NO6S2. The number of hydrogen-bond acceptors (Lipinski definition) is 6. The lowest BCUT2D eigenvalue weighted by Crippen LogP contribution is -2.42. The number of unbranched alkanes of at least 4 members (excludes halogenated alkanes) is 1. The summed E-state index contributed by atoms with van der Waals surface area (Å²) < 4.78 is 84.3. The number of halogens is 2. The number of hydrogen-bond donors (Lipinski definition) is 1. The maximum absolute atomic E-state index is 14.5. The fraction of sp³-hybridized carbons (Fsp3) is 0.562. The number of nitrogens with one attached hydrogen (secondary N) is 1. The summed E-state index contributed by atoms with van der Waals surface area (Å²) in [5, 5.41) is -1.45. The quantitative estimate of drug-likeness (QED) is 0.575. The average Bonchev–Trinajstić information content (AvgIpc) is 2.59. The van der Waals surface area contributed by atoms with Crippen LogP contribution in [-0.4, -0.2) is 41.0 Å². The van der Waals surface area contributed by atoms with Gasteiger partial charge in [0.1, 0.15) is 21.7 Å². The number of rotatable bonds is 10. The van der Waals surface area contributed by atoms with Crippen molar-refractivity contribution in [2.24, 2.45) is 0 Å². The van der Waals surface area contributed by atoms with E-state index in [0.29, 0.717) is 31.4 Å². The van der Waals surface area contributed by atoms with Crippen LogP contribution in [-0.2, 0) is 24.6 Å². The highest BCUT2D eigenvalue weighted by Crippen LogP contribution is 2.23. The maximum atomic E-state index is 14.5. The van der Waals surface area contributed by atoms with E-state index in [1.807, 2.05) is 4.72 Å². The van der Waals surface area contributed by atoms with Gasteiger partial charge in [-0.05, 0) is 25.0 Å². The smallest absolute Gasteiger partial charge is 0.343 e. The minimum atomic E-state index is -4.68. The van der Waals surface area contributed by atoms with Gasteiger partial charge in [-0.15, -0.1) is 0 Å². The largest absolute Gasteiger partial charge is 0.465 e. The number of sulfonamides is 1. The van der Waals surface area contributed by atoms with Gasteiger partial charge in [-0.2, -0.15) is 4.72 Å². The van der Waals surface area contributed by atoms with E-state index in [0.717, 1.165) is 7.11 Å². The molecule has 154 valence electrons. The monoisotopic (exact) mass is 427 g/mol. The minimum Gasteiger partial charge on any atom is -0.465 e. The predicted octanol–water partition coefficient (Wildman–Crippen LogP) is 2.37. The molecule has 0 aliphatic heterocycles. The topological polar surface area (TPSA) is 107 Å². The van der Waals surface area contributed by atoms with Crippen molar-refractivity contribution in [1.29, 1.82) is 0 Å². The van der Waals surface area contributed by atoms with Gasteiger partial charge in [-0.1, -0.05) is 26.7 Å². The zero-order valence-corrected chi connectivity index (χ0v) is 16.9. The molecule has 0 fully saturated rings. The molecule has 0 saturated carbocycles. The number of esters is 1. The molecule has 1 aromatic carbocycles. The van der Waals surface area contributed by atoms with Crippen molar-refractivity contribution in [1.82, 2.24) is 4.72 Å². The summed E-state index contributed by atoms with van der Waals surface area (Å²) in [6, 6.07) is 1.23. The second-order valence-corrected chi connectivity index (χ2v) is 9.83. The molecule has 0 bridgehead atoms. The molecule has 1 atom stereocenters. The lowest BCUT2D eigenvalue weighted by molar-refractivity contribution is 0.0589. The van der Waals surface area contributed by atoms with E-state index >= 15 is 0 Å². The van der Waals surface area contributed by atoms with Crippen LogP contribution in [0.15, 0.2) is 17.0 Å². The molecule has 0 spiro atoms. The zero-order valence-electron chi connectivity index (χ0n) is 15.3. The Labute approximate surface area is 158 Å². The van der Waals surface area contributed by atoms with Crippen LogP contribution in [0.25, 0.3) is 0 Å². The van der Waals surface area contributed by atoms with Gasteiger partial charge < -0.3 is 4.74 Å². The number of carbonyl (C=O) groups excluding carboxylic acids is 1. The SMILES string of the molecule is CCCCS(=O)(=O)C(CCC)NS(=O)(=O)c1ccc(F)c(C(=O)OC)c1F. The Morgan fingerprint density at radius 2 is 1.78 bits per heavy atom. The number of ether oxygens (including phenoxy) is 1. The van der Waals surface area contributed by atoms with E-state index in [-0.39, 0.29) is 12.2 Å². The highest BCUT2D eigenvalue weighted by atomic mass is 32.2. The second kappa shape index (κ2) is 9.56. The van der Waals surface area contributed by atoms with E-state index in [9.17, 15) is 30.4 Å². The van der Waals surface area contributed by atoms with Gasteiger partial charge in [0.25, 0.3) is 0 Å². The highest BCUT2D eigenvalue weighted by molar-refractivity contribution is 7.94. The molecule has 0 aliphatic rings. The van der Waals surface area contributed by atoms with Gasteiger partial charge in [0.05, 0.1) is 12.9 Å². The summed E-state index contributed by atoms with van der Waals surface area (Å²) in [6.45, 7) is 3.46. The van der Waals surface area contributed by atoms with Gasteiger partial charge in [0, 0.05) is 0 Å². The van der Waals surface area contributed by atoms with Gasteiger partial charge in [0.15, 0.2) is 15.7 Å². The standard InChI is InChI=1S/C16H23F2NO6S2/c1-4-6-10-26(21,22)13(7-5-2)19-27(23,24)12-9-8-11(17)14(15(12)18)16(20)25-3/h8-9,13,19H,4-7,10H2,1-3H3. The van der Waals surface area contributed by atoms with Crippen molar-refractivity contribution >= 4 is 25.8 Å². The van der Waals surface area contributed by atoms with Crippen molar-refractivity contribution in [3.05, 3.63) is 29.3 Å². The van der Waals surface area contributed by atoms with Crippen LogP contribution in [0, 0.1) is 11.6 Å². The first-order chi connectivity index (χ1) is 12.5. The molecule has 0 aromatic heterocycles. The first kappa shape index (κ1) is 23.4. The van der Waals surface area contributed by atoms with Crippen molar-refractivity contribution < 1.29 is 35.1 Å². The van der Waals surface area contributed by atoms with E-state index in [2.05, 4.69) is 4.74 Å². The van der Waals surface area contributed by atoms with Crippen LogP contribution in [0.3, 0.4) is 0 Å². The van der Waals surface area contributed by atoms with E-state index in [4.69, 9.17) is 0 Å².